The van der Waals surface area contributed by atoms with E-state index in [1.807, 2.05) is 42.3 Å². The Morgan fingerprint density at radius 1 is 1.22 bits per heavy atom. The van der Waals surface area contributed by atoms with Gasteiger partial charge in [0, 0.05) is 25.8 Å². The Balaban J connectivity index is 2.31. The van der Waals surface area contributed by atoms with Gasteiger partial charge in [0.2, 0.25) is 0 Å². The van der Waals surface area contributed by atoms with Gasteiger partial charge in [0.25, 0.3) is 5.91 Å². The summed E-state index contributed by atoms with van der Waals surface area (Å²) >= 11 is 0. The molecule has 0 radical (unpaired) electrons. The molecule has 5 heteroatoms. The molecular weight excluding hydrogens is 228 g/mol. The number of carbonyl (C=O) groups is 1. The summed E-state index contributed by atoms with van der Waals surface area (Å²) in [4.78, 5) is 21.5. The molecule has 0 saturated heterocycles. The number of nitrogens with zero attached hydrogens (tertiary/aromatic N) is 3. The van der Waals surface area contributed by atoms with Crippen LogP contribution < -0.4 is 10.2 Å². The van der Waals surface area contributed by atoms with Gasteiger partial charge in [-0.3, -0.25) is 4.79 Å². The van der Waals surface area contributed by atoms with Crippen molar-refractivity contribution < 1.29 is 4.79 Å². The summed E-state index contributed by atoms with van der Waals surface area (Å²) in [5.41, 5.74) is 1.35. The zero-order valence-corrected chi connectivity index (χ0v) is 10.3. The second-order valence-corrected chi connectivity index (χ2v) is 3.74. The monoisotopic (exact) mass is 242 g/mol. The number of anilines is 2. The quantitative estimate of drug-likeness (QED) is 0.888. The van der Waals surface area contributed by atoms with Gasteiger partial charge < -0.3 is 10.2 Å². The number of hydrogen-bond donors (Lipinski definition) is 1. The van der Waals surface area contributed by atoms with E-state index < -0.39 is 0 Å². The third-order valence-corrected chi connectivity index (χ3v) is 2.60. The van der Waals surface area contributed by atoms with Crippen molar-refractivity contribution >= 4 is 17.4 Å². The second kappa shape index (κ2) is 5.27. The van der Waals surface area contributed by atoms with Crippen molar-refractivity contribution in [3.63, 3.8) is 0 Å². The molecule has 5 nitrogen and oxygen atoms in total. The number of para-hydroxylation sites is 1. The Bertz CT molecular complexity index is 542. The molecule has 0 saturated carbocycles. The van der Waals surface area contributed by atoms with Crippen LogP contribution in [0.4, 0.5) is 11.5 Å². The molecule has 0 atom stereocenters. The van der Waals surface area contributed by atoms with Crippen LogP contribution in [0.2, 0.25) is 0 Å². The fraction of sp³-hybridized carbons (Fsp3) is 0.154. The second-order valence-electron chi connectivity index (χ2n) is 3.74. The molecule has 0 aliphatic rings. The summed E-state index contributed by atoms with van der Waals surface area (Å²) in [7, 11) is 3.47. The Hall–Kier alpha value is -2.43. The van der Waals surface area contributed by atoms with Crippen LogP contribution in [0.1, 0.15) is 10.5 Å². The Kier molecular flexibility index (Phi) is 3.52. The highest BCUT2D eigenvalue weighted by Crippen LogP contribution is 2.20. The van der Waals surface area contributed by atoms with Crippen LogP contribution >= 0.6 is 0 Å². The summed E-state index contributed by atoms with van der Waals surface area (Å²) in [6, 6.07) is 11.5. The number of nitrogens with one attached hydrogen (secondary N) is 1. The number of aromatic nitrogens is 2. The van der Waals surface area contributed by atoms with Gasteiger partial charge in [0.05, 0.1) is 0 Å². The van der Waals surface area contributed by atoms with E-state index in [-0.39, 0.29) is 5.91 Å². The number of benzene rings is 1. The molecule has 92 valence electrons. The van der Waals surface area contributed by atoms with Crippen molar-refractivity contribution in [1.29, 1.82) is 0 Å². The molecule has 2 rings (SSSR count). The molecule has 18 heavy (non-hydrogen) atoms. The minimum atomic E-state index is -0.222. The van der Waals surface area contributed by atoms with Gasteiger partial charge in [-0.1, -0.05) is 18.2 Å². The first-order valence-corrected chi connectivity index (χ1v) is 5.55. The molecule has 1 aromatic heterocycles. The molecular formula is C13H14N4O. The Morgan fingerprint density at radius 3 is 2.61 bits per heavy atom. The van der Waals surface area contributed by atoms with Crippen molar-refractivity contribution in [3.8, 4) is 0 Å². The maximum Gasteiger partial charge on any atom is 0.269 e. The zero-order valence-electron chi connectivity index (χ0n) is 10.3. The lowest BCUT2D eigenvalue weighted by Crippen LogP contribution is -2.20. The normalized spacial score (nSPS) is 9.89. The standard InChI is InChI=1S/C13H14N4O/c1-14-13(18)11-8-12(16-9-15-11)17(2)10-6-4-3-5-7-10/h3-9H,1-2H3,(H,14,18). The first-order chi connectivity index (χ1) is 8.72. The van der Waals surface area contributed by atoms with Crippen LogP contribution in [-0.4, -0.2) is 30.0 Å². The predicted molar refractivity (Wildman–Crippen MR) is 69.9 cm³/mol. The first-order valence-electron chi connectivity index (χ1n) is 5.55. The predicted octanol–water partition coefficient (Wildman–Crippen LogP) is 1.60. The van der Waals surface area contributed by atoms with E-state index in [0.717, 1.165) is 5.69 Å². The van der Waals surface area contributed by atoms with Crippen LogP contribution in [-0.2, 0) is 0 Å². The van der Waals surface area contributed by atoms with Gasteiger partial charge in [0.15, 0.2) is 0 Å². The lowest BCUT2D eigenvalue weighted by molar-refractivity contribution is 0.0958. The van der Waals surface area contributed by atoms with Gasteiger partial charge in [-0.25, -0.2) is 9.97 Å². The maximum atomic E-state index is 11.5. The van der Waals surface area contributed by atoms with E-state index in [1.165, 1.54) is 6.33 Å². The fourth-order valence-electron chi connectivity index (χ4n) is 1.57. The summed E-state index contributed by atoms with van der Waals surface area (Å²) in [6.07, 6.45) is 1.39. The van der Waals surface area contributed by atoms with E-state index in [2.05, 4.69) is 15.3 Å². The van der Waals surface area contributed by atoms with E-state index in [4.69, 9.17) is 0 Å². The lowest BCUT2D eigenvalue weighted by atomic mass is 10.3. The Morgan fingerprint density at radius 2 is 1.94 bits per heavy atom. The average molecular weight is 242 g/mol. The molecule has 1 amide bonds. The third-order valence-electron chi connectivity index (χ3n) is 2.60. The van der Waals surface area contributed by atoms with Gasteiger partial charge in [0.1, 0.15) is 17.8 Å². The SMILES string of the molecule is CNC(=O)c1cc(N(C)c2ccccc2)ncn1. The molecule has 2 aromatic rings. The van der Waals surface area contributed by atoms with E-state index in [9.17, 15) is 4.79 Å². The number of carbonyl (C=O) groups excluding carboxylic acids is 1. The molecule has 0 spiro atoms. The topological polar surface area (TPSA) is 58.1 Å². The van der Waals surface area contributed by atoms with Crippen molar-refractivity contribution in [1.82, 2.24) is 15.3 Å². The Labute approximate surface area is 105 Å². The zero-order chi connectivity index (χ0) is 13.0. The highest BCUT2D eigenvalue weighted by molar-refractivity contribution is 5.92. The van der Waals surface area contributed by atoms with E-state index in [0.29, 0.717) is 11.5 Å². The molecule has 0 unspecified atom stereocenters. The van der Waals surface area contributed by atoms with E-state index in [1.54, 1.807) is 13.1 Å². The largest absolute Gasteiger partial charge is 0.354 e. The maximum absolute atomic E-state index is 11.5. The van der Waals surface area contributed by atoms with Crippen LogP contribution in [0, 0.1) is 0 Å². The highest BCUT2D eigenvalue weighted by Gasteiger charge is 2.10. The van der Waals surface area contributed by atoms with Crippen LogP contribution in [0.15, 0.2) is 42.7 Å². The molecule has 1 heterocycles. The van der Waals surface area contributed by atoms with Crippen molar-refractivity contribution in [2.45, 2.75) is 0 Å². The number of hydrogen-bond acceptors (Lipinski definition) is 4. The van der Waals surface area contributed by atoms with E-state index >= 15 is 0 Å². The minimum absolute atomic E-state index is 0.222. The molecule has 1 N–H and O–H groups in total. The average Bonchev–Trinajstić information content (AvgIpc) is 2.46. The summed E-state index contributed by atoms with van der Waals surface area (Å²) in [5, 5.41) is 2.54. The summed E-state index contributed by atoms with van der Waals surface area (Å²) in [6.45, 7) is 0. The van der Waals surface area contributed by atoms with Crippen LogP contribution in [0.3, 0.4) is 0 Å². The lowest BCUT2D eigenvalue weighted by Gasteiger charge is -2.18. The van der Waals surface area contributed by atoms with Crippen LogP contribution in [0.5, 0.6) is 0 Å². The molecule has 0 aliphatic heterocycles. The summed E-state index contributed by atoms with van der Waals surface area (Å²) in [5.74, 6) is 0.454. The van der Waals surface area contributed by atoms with Gasteiger partial charge in [-0.15, -0.1) is 0 Å². The van der Waals surface area contributed by atoms with Crippen LogP contribution in [0.25, 0.3) is 0 Å². The summed E-state index contributed by atoms with van der Waals surface area (Å²) < 4.78 is 0. The first kappa shape index (κ1) is 12.0. The molecule has 0 aliphatic carbocycles. The molecule has 0 bridgehead atoms. The van der Waals surface area contributed by atoms with Gasteiger partial charge in [-0.2, -0.15) is 0 Å². The smallest absolute Gasteiger partial charge is 0.269 e. The molecule has 0 fully saturated rings. The third kappa shape index (κ3) is 2.45. The highest BCUT2D eigenvalue weighted by atomic mass is 16.1. The van der Waals surface area contributed by atoms with Gasteiger partial charge in [-0.05, 0) is 12.1 Å². The fourth-order valence-corrected chi connectivity index (χ4v) is 1.57. The van der Waals surface area contributed by atoms with Crippen molar-refractivity contribution in [2.75, 3.05) is 19.0 Å². The number of rotatable bonds is 3. The number of amides is 1. The minimum Gasteiger partial charge on any atom is -0.354 e. The van der Waals surface area contributed by atoms with Gasteiger partial charge >= 0.3 is 0 Å². The van der Waals surface area contributed by atoms with Crippen molar-refractivity contribution in [2.24, 2.45) is 0 Å². The van der Waals surface area contributed by atoms with Crippen molar-refractivity contribution in [3.05, 3.63) is 48.4 Å². The molecule has 1 aromatic carbocycles.